The van der Waals surface area contributed by atoms with E-state index in [0.717, 1.165) is 18.9 Å². The number of benzene rings is 1. The van der Waals surface area contributed by atoms with Gasteiger partial charge in [0.2, 0.25) is 0 Å². The molecular weight excluding hydrogens is 507 g/mol. The van der Waals surface area contributed by atoms with E-state index in [2.05, 4.69) is 48.9 Å². The third kappa shape index (κ3) is 2.76. The highest BCUT2D eigenvalue weighted by atomic mass is 79.9. The fourth-order valence-corrected chi connectivity index (χ4v) is 8.32. The van der Waals surface area contributed by atoms with Gasteiger partial charge in [0.1, 0.15) is 11.4 Å². The molecule has 1 aromatic rings. The van der Waals surface area contributed by atoms with Crippen LogP contribution in [0.3, 0.4) is 0 Å². The second-order valence-corrected chi connectivity index (χ2v) is 12.6. The number of hydrogen-bond donors (Lipinski definition) is 1. The normalized spacial score (nSPS) is 39.8. The Morgan fingerprint density at radius 2 is 1.94 bits per heavy atom. The zero-order valence-corrected chi connectivity index (χ0v) is 21.0. The van der Waals surface area contributed by atoms with E-state index in [1.54, 1.807) is 0 Å². The van der Waals surface area contributed by atoms with Crippen LogP contribution in [0.25, 0.3) is 0 Å². The van der Waals surface area contributed by atoms with Gasteiger partial charge in [-0.2, -0.15) is 13.2 Å². The summed E-state index contributed by atoms with van der Waals surface area (Å²) in [4.78, 5) is 12.5. The lowest BCUT2D eigenvalue weighted by atomic mass is 9.44. The number of fused-ring (bicyclic) bond motifs is 3. The van der Waals surface area contributed by atoms with Crippen molar-refractivity contribution in [2.24, 2.45) is 22.7 Å². The first-order chi connectivity index (χ1) is 14.7. The summed E-state index contributed by atoms with van der Waals surface area (Å²) in [6.45, 7) is 8.84. The van der Waals surface area contributed by atoms with Gasteiger partial charge in [-0.05, 0) is 42.2 Å². The van der Waals surface area contributed by atoms with E-state index in [9.17, 15) is 18.0 Å². The minimum absolute atomic E-state index is 0.0577. The third-order valence-corrected chi connectivity index (χ3v) is 11.7. The molecule has 2 aliphatic heterocycles. The maximum atomic E-state index is 13.9. The van der Waals surface area contributed by atoms with Crippen LogP contribution in [0.1, 0.15) is 74.0 Å². The first kappa shape index (κ1) is 22.8. The molecule has 2 aliphatic carbocycles. The summed E-state index contributed by atoms with van der Waals surface area (Å²) >= 11 is 10.7. The van der Waals surface area contributed by atoms with Gasteiger partial charge in [0.15, 0.2) is 0 Å². The Labute approximate surface area is 199 Å². The second-order valence-electron chi connectivity index (χ2n) is 11.0. The van der Waals surface area contributed by atoms with Crippen molar-refractivity contribution in [1.29, 1.82) is 0 Å². The lowest BCUT2D eigenvalue weighted by Gasteiger charge is -2.67. The molecule has 32 heavy (non-hydrogen) atoms. The maximum Gasteiger partial charge on any atom is 0.417 e. The van der Waals surface area contributed by atoms with Crippen molar-refractivity contribution in [2.75, 3.05) is 0 Å². The molecule has 5 rings (SSSR count). The Morgan fingerprint density at radius 3 is 2.59 bits per heavy atom. The molecule has 1 aromatic carbocycles. The first-order valence-corrected chi connectivity index (χ1v) is 12.6. The Morgan fingerprint density at radius 1 is 1.25 bits per heavy atom. The monoisotopic (exact) mass is 533 g/mol. The standard InChI is InChI=1S/C24H28BrClF3NO2/c1-11-5-6-16-21(2,3)19(25)15(26)9-23(16)22(11,4)8-12-7-14(24(27,28)29)17-13(18(12)32-23)10-30-20(17)31/h7,11,15-16,19H,5-6,8-10H2,1-4H3,(H,30,31)/t11-,15+,16-,19-,22+,23-/m0/s1. The van der Waals surface area contributed by atoms with Crippen molar-refractivity contribution in [3.8, 4) is 5.75 Å². The summed E-state index contributed by atoms with van der Waals surface area (Å²) in [5.41, 5.74) is -1.37. The van der Waals surface area contributed by atoms with Gasteiger partial charge in [-0.1, -0.05) is 43.6 Å². The second kappa shape index (κ2) is 6.80. The molecule has 0 radical (unpaired) electrons. The summed E-state index contributed by atoms with van der Waals surface area (Å²) in [5.74, 6) is 0.237. The summed E-state index contributed by atoms with van der Waals surface area (Å²) in [7, 11) is 0. The number of alkyl halides is 5. The highest BCUT2D eigenvalue weighted by Crippen LogP contribution is 2.67. The van der Waals surface area contributed by atoms with Gasteiger partial charge in [0, 0.05) is 34.7 Å². The van der Waals surface area contributed by atoms with E-state index in [1.165, 1.54) is 0 Å². The largest absolute Gasteiger partial charge is 0.486 e. The smallest absolute Gasteiger partial charge is 0.417 e. The number of nitrogens with one attached hydrogen (secondary N) is 1. The fourth-order valence-electron chi connectivity index (χ4n) is 7.26. The van der Waals surface area contributed by atoms with E-state index in [-0.39, 0.29) is 45.0 Å². The molecule has 0 unspecified atom stereocenters. The zero-order chi connectivity index (χ0) is 23.4. The Hall–Kier alpha value is -0.950. The average molecular weight is 535 g/mol. The average Bonchev–Trinajstić information content (AvgIpc) is 3.07. The molecule has 0 saturated heterocycles. The number of hydrogen-bond acceptors (Lipinski definition) is 2. The highest BCUT2D eigenvalue weighted by Gasteiger charge is 2.69. The lowest BCUT2D eigenvalue weighted by Crippen LogP contribution is -2.71. The fraction of sp³-hybridized carbons (Fsp3) is 0.708. The van der Waals surface area contributed by atoms with E-state index in [0.29, 0.717) is 29.7 Å². The maximum absolute atomic E-state index is 13.9. The molecule has 2 saturated carbocycles. The molecular formula is C24H28BrClF3NO2. The van der Waals surface area contributed by atoms with Crippen LogP contribution in [0, 0.1) is 22.7 Å². The van der Waals surface area contributed by atoms with Gasteiger partial charge >= 0.3 is 6.18 Å². The van der Waals surface area contributed by atoms with E-state index in [4.69, 9.17) is 16.3 Å². The predicted molar refractivity (Wildman–Crippen MR) is 120 cm³/mol. The van der Waals surface area contributed by atoms with Crippen LogP contribution in [0.4, 0.5) is 13.2 Å². The zero-order valence-electron chi connectivity index (χ0n) is 18.6. The van der Waals surface area contributed by atoms with Crippen molar-refractivity contribution >= 4 is 33.4 Å². The summed E-state index contributed by atoms with van der Waals surface area (Å²) in [6.07, 6.45) is -1.53. The predicted octanol–water partition coefficient (Wildman–Crippen LogP) is 6.48. The van der Waals surface area contributed by atoms with E-state index in [1.807, 2.05) is 0 Å². The van der Waals surface area contributed by atoms with Crippen LogP contribution in [0.15, 0.2) is 6.07 Å². The van der Waals surface area contributed by atoms with Crippen LogP contribution in [-0.4, -0.2) is 21.7 Å². The number of ether oxygens (including phenoxy) is 1. The Kier molecular flexibility index (Phi) is 4.85. The molecule has 2 heterocycles. The Balaban J connectivity index is 1.75. The molecule has 1 spiro atoms. The number of carbonyl (C=O) groups excluding carboxylic acids is 1. The van der Waals surface area contributed by atoms with Gasteiger partial charge in [0.05, 0.1) is 16.5 Å². The van der Waals surface area contributed by atoms with Gasteiger partial charge in [-0.15, -0.1) is 11.6 Å². The molecule has 3 nitrogen and oxygen atoms in total. The van der Waals surface area contributed by atoms with Gasteiger partial charge in [-0.3, -0.25) is 4.79 Å². The molecule has 1 amide bonds. The number of amides is 1. The number of halogens is 5. The van der Waals surface area contributed by atoms with Crippen LogP contribution >= 0.6 is 27.5 Å². The van der Waals surface area contributed by atoms with Crippen LogP contribution in [0.2, 0.25) is 0 Å². The van der Waals surface area contributed by atoms with Gasteiger partial charge in [0.25, 0.3) is 5.91 Å². The van der Waals surface area contributed by atoms with Crippen LogP contribution in [0.5, 0.6) is 5.75 Å². The quantitative estimate of drug-likeness (QED) is 0.387. The van der Waals surface area contributed by atoms with Crippen molar-refractivity contribution in [2.45, 2.75) is 81.9 Å². The van der Waals surface area contributed by atoms with Crippen molar-refractivity contribution in [3.63, 3.8) is 0 Å². The first-order valence-electron chi connectivity index (χ1n) is 11.3. The number of rotatable bonds is 0. The van der Waals surface area contributed by atoms with E-state index >= 15 is 0 Å². The van der Waals surface area contributed by atoms with E-state index < -0.39 is 23.2 Å². The molecule has 8 heteroatoms. The highest BCUT2D eigenvalue weighted by molar-refractivity contribution is 9.09. The molecule has 2 fully saturated rings. The topological polar surface area (TPSA) is 38.3 Å². The Bertz CT molecular complexity index is 1010. The number of carbonyl (C=O) groups is 1. The van der Waals surface area contributed by atoms with Crippen LogP contribution in [-0.2, 0) is 19.1 Å². The van der Waals surface area contributed by atoms with Crippen molar-refractivity contribution < 1.29 is 22.7 Å². The van der Waals surface area contributed by atoms with Gasteiger partial charge in [-0.25, -0.2) is 0 Å². The minimum Gasteiger partial charge on any atom is -0.486 e. The molecule has 6 atom stereocenters. The van der Waals surface area contributed by atoms with Crippen LogP contribution < -0.4 is 10.1 Å². The SMILES string of the molecule is C[C@H]1CC[C@H]2C(C)(C)[C@@H](Br)[C@H](Cl)C[C@]23Oc2c(cc(C(F)(F)F)c4c2CNC4=O)C[C@]13C. The molecule has 176 valence electrons. The van der Waals surface area contributed by atoms with Crippen molar-refractivity contribution in [3.05, 3.63) is 28.3 Å². The minimum atomic E-state index is -4.60. The summed E-state index contributed by atoms with van der Waals surface area (Å²) in [6, 6.07) is 1.16. The molecule has 1 N–H and O–H groups in total. The molecule has 0 bridgehead atoms. The molecule has 4 aliphatic rings. The van der Waals surface area contributed by atoms with Crippen molar-refractivity contribution in [1.82, 2.24) is 5.32 Å². The summed E-state index contributed by atoms with van der Waals surface area (Å²) < 4.78 is 48.7. The molecule has 0 aromatic heterocycles. The third-order valence-electron chi connectivity index (χ3n) is 9.19. The lowest BCUT2D eigenvalue weighted by molar-refractivity contribution is -0.207. The summed E-state index contributed by atoms with van der Waals surface area (Å²) in [5, 5.41) is 2.42. The van der Waals surface area contributed by atoms with Gasteiger partial charge < -0.3 is 10.1 Å².